The van der Waals surface area contributed by atoms with Crippen LogP contribution in [0.15, 0.2) is 55.3 Å². The van der Waals surface area contributed by atoms with E-state index in [1.807, 2.05) is 42.6 Å². The molecule has 0 saturated heterocycles. The molecule has 13 heteroatoms. The Morgan fingerprint density at radius 3 is 2.18 bits per heavy atom. The molecule has 5 aliphatic rings. The number of hydrogen-bond donors (Lipinski definition) is 3. The second-order valence-electron chi connectivity index (χ2n) is 12.6. The number of rotatable bonds is 0. The van der Waals surface area contributed by atoms with Gasteiger partial charge in [-0.25, -0.2) is 20.4 Å². The third-order valence-electron chi connectivity index (χ3n) is 9.04. The number of benzene rings is 2. The van der Waals surface area contributed by atoms with Gasteiger partial charge in [0.25, 0.3) is 0 Å². The summed E-state index contributed by atoms with van der Waals surface area (Å²) in [5, 5.41) is 17.8. The van der Waals surface area contributed by atoms with Crippen LogP contribution < -0.4 is 20.7 Å². The van der Waals surface area contributed by atoms with Crippen molar-refractivity contribution in [3.8, 4) is 17.7 Å². The minimum atomic E-state index is -0.764. The second-order valence-corrected chi connectivity index (χ2v) is 14.5. The maximum atomic E-state index is 8.91. The summed E-state index contributed by atoms with van der Waals surface area (Å²) in [5.41, 5.74) is 9.39. The van der Waals surface area contributed by atoms with E-state index in [1.165, 1.54) is 19.9 Å². The first-order valence-corrected chi connectivity index (χ1v) is 16.6. The number of ether oxygens (including phenoxy) is 2. The second kappa shape index (κ2) is 14.2. The Morgan fingerprint density at radius 1 is 1.04 bits per heavy atom. The van der Waals surface area contributed by atoms with E-state index in [1.54, 1.807) is 17.6 Å². The average molecular weight is 769 g/mol. The third-order valence-corrected chi connectivity index (χ3v) is 10.0. The fourth-order valence-electron chi connectivity index (χ4n) is 7.28. The van der Waals surface area contributed by atoms with Gasteiger partial charge in [-0.05, 0) is 86.8 Å². The fourth-order valence-corrected chi connectivity index (χ4v) is 8.00. The molecular formula is C32H41Br2ClN6O4. The fraction of sp³-hybridized carbons (Fsp3) is 0.531. The number of nitrogens with zero attached hydrogens (tertiary/aromatic N) is 4. The standard InChI is InChI=1S/C16H20BrN3O2.C15H15BrN2O.CH5NO.ClH/c1-10-5-6-15(8-10)9-16(19-14(18)20(2)22-16)12-7-11(17)3-4-13(12)21-15;1-10-4-5-15(7-10)8-13(18-9-17)12-6-11(16)2-3-14(12)19-15;1-2-3;/h3-4,7,10H,5-6,8-9H2,1-2H3,(H2,18,19);2-3,6,10H,4-5,7-8H2,1H3;2-3H,1H3;1H. The van der Waals surface area contributed by atoms with Gasteiger partial charge in [-0.2, -0.15) is 10.3 Å². The van der Waals surface area contributed by atoms with Gasteiger partial charge in [0.05, 0.1) is 11.3 Å². The lowest BCUT2D eigenvalue weighted by atomic mass is 9.83. The summed E-state index contributed by atoms with van der Waals surface area (Å²) in [6.07, 6.45) is 9.92. The van der Waals surface area contributed by atoms with E-state index < -0.39 is 5.72 Å². The Balaban J connectivity index is 0.000000186. The van der Waals surface area contributed by atoms with Gasteiger partial charge < -0.3 is 20.4 Å². The molecule has 7 rings (SSSR count). The van der Waals surface area contributed by atoms with Crippen molar-refractivity contribution < 1.29 is 19.5 Å². The lowest BCUT2D eigenvalue weighted by molar-refractivity contribution is -0.203. The average Bonchev–Trinajstić information content (AvgIpc) is 3.60. The maximum Gasteiger partial charge on any atom is 0.222 e. The van der Waals surface area contributed by atoms with E-state index in [4.69, 9.17) is 30.5 Å². The molecule has 0 bridgehead atoms. The lowest BCUT2D eigenvalue weighted by Crippen LogP contribution is -2.47. The summed E-state index contributed by atoms with van der Waals surface area (Å²) in [6, 6.07) is 11.9. The molecule has 3 spiro atoms. The van der Waals surface area contributed by atoms with Crippen molar-refractivity contribution in [1.82, 2.24) is 10.5 Å². The number of guanidine groups is 1. The molecule has 3 aliphatic heterocycles. The van der Waals surface area contributed by atoms with E-state index in [0.717, 1.165) is 69.4 Å². The van der Waals surface area contributed by atoms with Gasteiger partial charge in [-0.15, -0.1) is 12.4 Å². The molecule has 4 N–H and O–H groups in total. The zero-order valence-corrected chi connectivity index (χ0v) is 30.0. The van der Waals surface area contributed by atoms with Crippen LogP contribution in [-0.2, 0) is 10.6 Å². The van der Waals surface area contributed by atoms with Gasteiger partial charge in [-0.3, -0.25) is 0 Å². The van der Waals surface area contributed by atoms with E-state index in [9.17, 15) is 0 Å². The largest absolute Gasteiger partial charge is 0.487 e. The number of nitriles is 1. The van der Waals surface area contributed by atoms with Crippen LogP contribution in [0.2, 0.25) is 0 Å². The van der Waals surface area contributed by atoms with Crippen molar-refractivity contribution in [2.75, 3.05) is 14.1 Å². The Morgan fingerprint density at radius 2 is 1.62 bits per heavy atom. The van der Waals surface area contributed by atoms with Crippen LogP contribution in [-0.4, -0.2) is 47.2 Å². The number of nitrogens with one attached hydrogen (secondary N) is 1. The molecule has 5 unspecified atom stereocenters. The number of hydroxylamine groups is 3. The van der Waals surface area contributed by atoms with Gasteiger partial charge in [0.1, 0.15) is 22.7 Å². The highest BCUT2D eigenvalue weighted by Crippen LogP contribution is 2.55. The molecule has 5 atom stereocenters. The predicted molar refractivity (Wildman–Crippen MR) is 183 cm³/mol. The number of fused-ring (bicyclic) bond motifs is 3. The molecular weight excluding hydrogens is 728 g/mol. The van der Waals surface area contributed by atoms with E-state index >= 15 is 0 Å². The minimum absolute atomic E-state index is 0. The van der Waals surface area contributed by atoms with Gasteiger partial charge in [0.15, 0.2) is 0 Å². The number of nitrogens with two attached hydrogens (primary N) is 1. The Labute approximate surface area is 288 Å². The Bertz CT molecular complexity index is 1500. The zero-order chi connectivity index (χ0) is 31.7. The third kappa shape index (κ3) is 7.45. The number of aliphatic imine (C=N–C) groups is 2. The van der Waals surface area contributed by atoms with E-state index in [0.29, 0.717) is 24.2 Å². The van der Waals surface area contributed by atoms with Gasteiger partial charge >= 0.3 is 0 Å². The van der Waals surface area contributed by atoms with Crippen molar-refractivity contribution in [3.05, 3.63) is 56.5 Å². The predicted octanol–water partition coefficient (Wildman–Crippen LogP) is 7.21. The highest BCUT2D eigenvalue weighted by Gasteiger charge is 2.56. The topological polar surface area (TPSA) is 138 Å². The molecule has 0 radical (unpaired) electrons. The van der Waals surface area contributed by atoms with Crippen LogP contribution in [0.1, 0.15) is 76.3 Å². The van der Waals surface area contributed by atoms with Crippen molar-refractivity contribution in [2.24, 2.45) is 27.6 Å². The van der Waals surface area contributed by atoms with Crippen LogP contribution in [0.5, 0.6) is 11.5 Å². The molecule has 2 aromatic rings. The number of halogens is 3. The molecule has 45 heavy (non-hydrogen) atoms. The van der Waals surface area contributed by atoms with Crippen LogP contribution in [0.25, 0.3) is 0 Å². The summed E-state index contributed by atoms with van der Waals surface area (Å²) in [6.45, 7) is 4.54. The van der Waals surface area contributed by atoms with Gasteiger partial charge in [0, 0.05) is 41.4 Å². The van der Waals surface area contributed by atoms with Crippen LogP contribution in [0.4, 0.5) is 0 Å². The van der Waals surface area contributed by atoms with E-state index in [2.05, 4.69) is 55.7 Å². The molecule has 10 nitrogen and oxygen atoms in total. The first-order valence-electron chi connectivity index (χ1n) is 15.0. The number of hydrogen-bond acceptors (Lipinski definition) is 10. The highest BCUT2D eigenvalue weighted by molar-refractivity contribution is 9.10. The van der Waals surface area contributed by atoms with Crippen molar-refractivity contribution >= 4 is 55.9 Å². The van der Waals surface area contributed by atoms with Crippen LogP contribution >= 0.6 is 44.3 Å². The quantitative estimate of drug-likeness (QED) is 0.189. The monoisotopic (exact) mass is 766 g/mol. The molecule has 0 amide bonds. The molecule has 2 aromatic carbocycles. The zero-order valence-electron chi connectivity index (χ0n) is 26.0. The minimum Gasteiger partial charge on any atom is -0.487 e. The van der Waals surface area contributed by atoms with Crippen LogP contribution in [0, 0.1) is 23.3 Å². The molecule has 244 valence electrons. The summed E-state index contributed by atoms with van der Waals surface area (Å²) in [5.74, 6) is 3.47. The Hall–Kier alpha value is -2.40. The molecule has 3 heterocycles. The lowest BCUT2D eigenvalue weighted by Gasteiger charge is -2.43. The van der Waals surface area contributed by atoms with Crippen molar-refractivity contribution in [3.63, 3.8) is 0 Å². The first-order chi connectivity index (χ1) is 20.9. The van der Waals surface area contributed by atoms with Crippen LogP contribution in [0.3, 0.4) is 0 Å². The van der Waals surface area contributed by atoms with Gasteiger partial charge in [-0.1, -0.05) is 45.7 Å². The van der Waals surface area contributed by atoms with Gasteiger partial charge in [0.2, 0.25) is 17.9 Å². The molecule has 2 fully saturated rings. The van der Waals surface area contributed by atoms with Crippen molar-refractivity contribution in [2.45, 2.75) is 82.1 Å². The molecule has 0 aromatic heterocycles. The summed E-state index contributed by atoms with van der Waals surface area (Å²) < 4.78 is 14.7. The smallest absolute Gasteiger partial charge is 0.222 e. The normalized spacial score (nSPS) is 31.4. The highest BCUT2D eigenvalue weighted by atomic mass is 79.9. The summed E-state index contributed by atoms with van der Waals surface area (Å²) in [4.78, 5) is 14.8. The molecule has 2 saturated carbocycles. The first kappa shape index (κ1) is 35.5. The van der Waals surface area contributed by atoms with E-state index in [-0.39, 0.29) is 23.6 Å². The summed E-state index contributed by atoms with van der Waals surface area (Å²) in [7, 11) is 3.23. The SMILES string of the molecule is CC1CCC2(C1)CC1(N=C(N)N(C)O1)c1cc(Br)ccc1O2.CC1CCC2(CC(=NC#N)c3cc(Br)ccc3O2)C1.CNO.Cl. The summed E-state index contributed by atoms with van der Waals surface area (Å²) >= 11 is 6.99. The maximum absolute atomic E-state index is 8.91. The molecule has 2 aliphatic carbocycles. The van der Waals surface area contributed by atoms with Crippen molar-refractivity contribution in [1.29, 1.82) is 5.26 Å². The Kier molecular flexibility index (Phi) is 11.2.